The Morgan fingerprint density at radius 1 is 0.750 bits per heavy atom. The van der Waals surface area contributed by atoms with Crippen molar-refractivity contribution in [1.82, 2.24) is 9.97 Å². The molecule has 0 amide bonds. The SMILES string of the molecule is CC1(N)c2c([nH]c3c4c([nH]c23)C(C)(O)C4(C)N)C1(C)O. The van der Waals surface area contributed by atoms with Crippen molar-refractivity contribution >= 4 is 11.0 Å². The highest BCUT2D eigenvalue weighted by Gasteiger charge is 2.62. The Bertz CT molecular complexity index is 711. The number of aliphatic hydroxyl groups is 2. The third-order valence-corrected chi connectivity index (χ3v) is 5.78. The fourth-order valence-electron chi connectivity index (χ4n) is 3.78. The molecule has 2 aliphatic carbocycles. The molecule has 0 fully saturated rings. The van der Waals surface area contributed by atoms with Crippen molar-refractivity contribution in [1.29, 1.82) is 0 Å². The molecule has 0 bridgehead atoms. The molecule has 8 N–H and O–H groups in total. The number of hydrogen-bond acceptors (Lipinski definition) is 4. The van der Waals surface area contributed by atoms with E-state index in [0.29, 0.717) is 0 Å². The second kappa shape index (κ2) is 2.69. The van der Waals surface area contributed by atoms with Crippen LogP contribution in [0.5, 0.6) is 0 Å². The zero-order chi connectivity index (χ0) is 14.9. The van der Waals surface area contributed by atoms with Gasteiger partial charge in [-0.2, -0.15) is 0 Å². The topological polar surface area (TPSA) is 124 Å². The van der Waals surface area contributed by atoms with E-state index < -0.39 is 22.3 Å². The van der Waals surface area contributed by atoms with Gasteiger partial charge in [0.25, 0.3) is 0 Å². The van der Waals surface area contributed by atoms with E-state index in [4.69, 9.17) is 11.5 Å². The lowest BCUT2D eigenvalue weighted by Crippen LogP contribution is -2.61. The van der Waals surface area contributed by atoms with Crippen LogP contribution in [0.4, 0.5) is 0 Å². The predicted octanol–water partition coefficient (Wildman–Crippen LogP) is 0.286. The van der Waals surface area contributed by atoms with Gasteiger partial charge in [-0.1, -0.05) is 0 Å². The lowest BCUT2D eigenvalue weighted by Gasteiger charge is -2.50. The van der Waals surface area contributed by atoms with E-state index in [9.17, 15) is 10.2 Å². The monoisotopic (exact) mass is 276 g/mol. The number of fused-ring (bicyclic) bond motifs is 5. The van der Waals surface area contributed by atoms with Gasteiger partial charge in [-0.05, 0) is 27.7 Å². The number of rotatable bonds is 0. The quantitative estimate of drug-likeness (QED) is 0.413. The molecule has 2 aliphatic rings. The number of nitrogens with one attached hydrogen (secondary N) is 2. The van der Waals surface area contributed by atoms with Crippen molar-refractivity contribution in [3.63, 3.8) is 0 Å². The number of aromatic amines is 2. The highest BCUT2D eigenvalue weighted by molar-refractivity contribution is 5.92. The fraction of sp³-hybridized carbons (Fsp3) is 0.571. The van der Waals surface area contributed by atoms with Gasteiger partial charge in [0.05, 0.1) is 33.5 Å². The van der Waals surface area contributed by atoms with Crippen LogP contribution in [0.25, 0.3) is 11.0 Å². The van der Waals surface area contributed by atoms with Crippen molar-refractivity contribution in [2.45, 2.75) is 50.0 Å². The average Bonchev–Trinajstić information content (AvgIpc) is 2.80. The van der Waals surface area contributed by atoms with Crippen molar-refractivity contribution in [2.24, 2.45) is 11.5 Å². The molecule has 0 radical (unpaired) electrons. The first-order valence-electron chi connectivity index (χ1n) is 6.77. The molecule has 0 aromatic carbocycles. The minimum atomic E-state index is -1.09. The lowest BCUT2D eigenvalue weighted by atomic mass is 9.64. The third-order valence-electron chi connectivity index (χ3n) is 5.78. The number of hydrogen-bond donors (Lipinski definition) is 6. The highest BCUT2D eigenvalue weighted by Crippen LogP contribution is 2.59. The largest absolute Gasteiger partial charge is 0.382 e. The number of aromatic nitrogens is 2. The molecular formula is C14H20N4O2. The van der Waals surface area contributed by atoms with Crippen molar-refractivity contribution in [3.05, 3.63) is 22.5 Å². The highest BCUT2D eigenvalue weighted by atomic mass is 16.3. The molecule has 6 nitrogen and oxygen atoms in total. The summed E-state index contributed by atoms with van der Waals surface area (Å²) in [4.78, 5) is 6.48. The van der Waals surface area contributed by atoms with E-state index in [2.05, 4.69) is 9.97 Å². The van der Waals surface area contributed by atoms with E-state index in [1.165, 1.54) is 0 Å². The second-order valence-corrected chi connectivity index (χ2v) is 7.05. The van der Waals surface area contributed by atoms with Gasteiger partial charge in [-0.3, -0.25) is 0 Å². The molecular weight excluding hydrogens is 256 g/mol. The summed E-state index contributed by atoms with van der Waals surface area (Å²) in [6.07, 6.45) is 0. The van der Waals surface area contributed by atoms with Crippen LogP contribution in [0.2, 0.25) is 0 Å². The Morgan fingerprint density at radius 2 is 1.05 bits per heavy atom. The average molecular weight is 276 g/mol. The van der Waals surface area contributed by atoms with Gasteiger partial charge in [0.2, 0.25) is 0 Å². The van der Waals surface area contributed by atoms with Crippen molar-refractivity contribution in [2.75, 3.05) is 0 Å². The molecule has 4 unspecified atom stereocenters. The van der Waals surface area contributed by atoms with Crippen LogP contribution in [0.1, 0.15) is 50.2 Å². The Morgan fingerprint density at radius 3 is 1.35 bits per heavy atom. The first-order chi connectivity index (χ1) is 8.95. The van der Waals surface area contributed by atoms with Gasteiger partial charge >= 0.3 is 0 Å². The van der Waals surface area contributed by atoms with Crippen molar-refractivity contribution in [3.8, 4) is 0 Å². The minimum Gasteiger partial charge on any atom is -0.382 e. The Balaban J connectivity index is 2.08. The second-order valence-electron chi connectivity index (χ2n) is 7.05. The Labute approximate surface area is 116 Å². The van der Waals surface area contributed by atoms with E-state index in [-0.39, 0.29) is 0 Å². The van der Waals surface area contributed by atoms with Crippen LogP contribution in [-0.2, 0) is 22.3 Å². The standard InChI is InChI=1S/C14H20N4O2/c1-11(15)5-7-8(18-9(5)13(11,3)19)6-10(17-7)14(4,20)12(6,2)16/h17-20H,15-16H2,1-4H3. The minimum absolute atomic E-state index is 0.730. The summed E-state index contributed by atoms with van der Waals surface area (Å²) < 4.78 is 0. The first-order valence-corrected chi connectivity index (χ1v) is 6.77. The number of nitrogens with two attached hydrogens (primary N) is 2. The number of H-pyrrole nitrogens is 2. The van der Waals surface area contributed by atoms with Crippen LogP contribution in [0, 0.1) is 0 Å². The molecule has 108 valence electrons. The van der Waals surface area contributed by atoms with E-state index >= 15 is 0 Å². The molecule has 0 aliphatic heterocycles. The normalized spacial score (nSPS) is 45.8. The summed E-state index contributed by atoms with van der Waals surface area (Å²) >= 11 is 0. The molecule has 4 atom stereocenters. The van der Waals surface area contributed by atoms with Gasteiger partial charge in [-0.25, -0.2) is 0 Å². The lowest BCUT2D eigenvalue weighted by molar-refractivity contribution is -0.0572. The molecule has 6 heteroatoms. The zero-order valence-corrected chi connectivity index (χ0v) is 12.0. The molecule has 2 aromatic rings. The van der Waals surface area contributed by atoms with E-state index in [0.717, 1.165) is 33.5 Å². The summed E-state index contributed by atoms with van der Waals surface area (Å²) in [6.45, 7) is 7.02. The fourth-order valence-corrected chi connectivity index (χ4v) is 3.78. The van der Waals surface area contributed by atoms with Crippen LogP contribution >= 0.6 is 0 Å². The maximum absolute atomic E-state index is 10.5. The zero-order valence-electron chi connectivity index (χ0n) is 12.0. The summed E-state index contributed by atoms with van der Waals surface area (Å²) in [7, 11) is 0. The summed E-state index contributed by atoms with van der Waals surface area (Å²) in [5.74, 6) is 0. The van der Waals surface area contributed by atoms with Gasteiger partial charge in [0.15, 0.2) is 0 Å². The third kappa shape index (κ3) is 0.867. The van der Waals surface area contributed by atoms with Crippen LogP contribution in [-0.4, -0.2) is 20.2 Å². The molecule has 0 saturated heterocycles. The Hall–Kier alpha value is -1.34. The molecule has 2 aromatic heterocycles. The summed E-state index contributed by atoms with van der Waals surface area (Å²) in [5.41, 5.74) is 13.6. The summed E-state index contributed by atoms with van der Waals surface area (Å²) in [6, 6.07) is 0. The van der Waals surface area contributed by atoms with E-state index in [1.54, 1.807) is 27.7 Å². The Kier molecular flexibility index (Phi) is 1.67. The van der Waals surface area contributed by atoms with Crippen LogP contribution in [0.3, 0.4) is 0 Å². The van der Waals surface area contributed by atoms with Crippen LogP contribution in [0.15, 0.2) is 0 Å². The van der Waals surface area contributed by atoms with Crippen LogP contribution < -0.4 is 11.5 Å². The smallest absolute Gasteiger partial charge is 0.124 e. The molecule has 2 heterocycles. The van der Waals surface area contributed by atoms with Gasteiger partial charge in [0.1, 0.15) is 11.2 Å². The molecule has 4 rings (SSSR count). The van der Waals surface area contributed by atoms with Gasteiger partial charge in [0, 0.05) is 11.1 Å². The first kappa shape index (κ1) is 12.4. The van der Waals surface area contributed by atoms with Gasteiger partial charge in [-0.15, -0.1) is 0 Å². The molecule has 0 spiro atoms. The molecule has 0 saturated carbocycles. The molecule has 20 heavy (non-hydrogen) atoms. The predicted molar refractivity (Wildman–Crippen MR) is 74.9 cm³/mol. The maximum Gasteiger partial charge on any atom is 0.124 e. The van der Waals surface area contributed by atoms with Crippen molar-refractivity contribution < 1.29 is 10.2 Å². The summed E-state index contributed by atoms with van der Waals surface area (Å²) in [5, 5.41) is 20.9. The van der Waals surface area contributed by atoms with Gasteiger partial charge < -0.3 is 31.6 Å². The van der Waals surface area contributed by atoms with E-state index in [1.807, 2.05) is 0 Å². The maximum atomic E-state index is 10.5.